The molecule has 29 heavy (non-hydrogen) atoms. The SMILES string of the molecule is CCc1cn2c(nc1=O)O[C@H](COc1cccc(-c3cccc(C(C)C)c3)c1)C2. The van der Waals surface area contributed by atoms with E-state index in [9.17, 15) is 4.79 Å². The molecule has 4 rings (SSSR count). The first-order valence-electron chi connectivity index (χ1n) is 10.1. The second-order valence-electron chi connectivity index (χ2n) is 7.72. The molecule has 1 aromatic heterocycles. The number of fused-ring (bicyclic) bond motifs is 1. The summed E-state index contributed by atoms with van der Waals surface area (Å²) in [6.07, 6.45) is 2.34. The van der Waals surface area contributed by atoms with Gasteiger partial charge in [-0.15, -0.1) is 0 Å². The van der Waals surface area contributed by atoms with Gasteiger partial charge < -0.3 is 9.47 Å². The van der Waals surface area contributed by atoms with Gasteiger partial charge in [-0.1, -0.05) is 57.2 Å². The standard InChI is InChI=1S/C24H26N2O3/c1-4-17-13-26-14-22(29-24(26)25-23(17)27)15-28-21-10-6-9-20(12-21)19-8-5-7-18(11-19)16(2)3/h5-13,16,22H,4,14-15H2,1-3H3/t22-/m0/s1. The Bertz CT molecular complexity index is 1070. The molecular formula is C24H26N2O3. The van der Waals surface area contributed by atoms with Crippen molar-refractivity contribution in [2.24, 2.45) is 0 Å². The van der Waals surface area contributed by atoms with Gasteiger partial charge in [0.25, 0.3) is 11.6 Å². The quantitative estimate of drug-likeness (QED) is 0.625. The summed E-state index contributed by atoms with van der Waals surface area (Å²) in [4.78, 5) is 15.9. The summed E-state index contributed by atoms with van der Waals surface area (Å²) in [6, 6.07) is 17.1. The van der Waals surface area contributed by atoms with Crippen molar-refractivity contribution in [3.63, 3.8) is 0 Å². The second-order valence-corrected chi connectivity index (χ2v) is 7.72. The third-order valence-corrected chi connectivity index (χ3v) is 5.24. The van der Waals surface area contributed by atoms with E-state index in [1.54, 1.807) is 0 Å². The molecule has 1 aliphatic heterocycles. The first-order valence-corrected chi connectivity index (χ1v) is 10.1. The average Bonchev–Trinajstić information content (AvgIpc) is 3.13. The summed E-state index contributed by atoms with van der Waals surface area (Å²) in [5, 5.41) is 0. The zero-order valence-corrected chi connectivity index (χ0v) is 17.1. The summed E-state index contributed by atoms with van der Waals surface area (Å²) in [7, 11) is 0. The van der Waals surface area contributed by atoms with E-state index in [-0.39, 0.29) is 11.7 Å². The zero-order valence-electron chi connectivity index (χ0n) is 17.1. The van der Waals surface area contributed by atoms with E-state index in [1.165, 1.54) is 11.1 Å². The molecule has 150 valence electrons. The van der Waals surface area contributed by atoms with Gasteiger partial charge in [-0.2, -0.15) is 4.98 Å². The minimum atomic E-state index is -0.211. The topological polar surface area (TPSA) is 53.4 Å². The Morgan fingerprint density at radius 2 is 1.93 bits per heavy atom. The number of hydrogen-bond donors (Lipinski definition) is 0. The fourth-order valence-corrected chi connectivity index (χ4v) is 3.51. The summed E-state index contributed by atoms with van der Waals surface area (Å²) < 4.78 is 13.7. The van der Waals surface area contributed by atoms with E-state index in [0.717, 1.165) is 11.3 Å². The van der Waals surface area contributed by atoms with Crippen LogP contribution < -0.4 is 15.0 Å². The van der Waals surface area contributed by atoms with Crippen LogP contribution in [0.15, 0.2) is 59.5 Å². The number of ether oxygens (including phenoxy) is 2. The van der Waals surface area contributed by atoms with Crippen LogP contribution in [0.2, 0.25) is 0 Å². The highest BCUT2D eigenvalue weighted by Gasteiger charge is 2.25. The fourth-order valence-electron chi connectivity index (χ4n) is 3.51. The fraction of sp³-hybridized carbons (Fsp3) is 0.333. The third-order valence-electron chi connectivity index (χ3n) is 5.24. The lowest BCUT2D eigenvalue weighted by Crippen LogP contribution is -2.23. The molecule has 2 heterocycles. The maximum absolute atomic E-state index is 11.9. The molecule has 0 unspecified atom stereocenters. The Morgan fingerprint density at radius 3 is 2.69 bits per heavy atom. The molecule has 5 nitrogen and oxygen atoms in total. The van der Waals surface area contributed by atoms with Crippen molar-refractivity contribution in [1.82, 2.24) is 9.55 Å². The van der Waals surface area contributed by atoms with Gasteiger partial charge in [0.1, 0.15) is 12.4 Å². The summed E-state index contributed by atoms with van der Waals surface area (Å²) >= 11 is 0. The molecule has 0 radical (unpaired) electrons. The van der Waals surface area contributed by atoms with E-state index in [0.29, 0.717) is 37.1 Å². The largest absolute Gasteiger partial charge is 0.490 e. The van der Waals surface area contributed by atoms with Crippen LogP contribution in [0.5, 0.6) is 11.8 Å². The smallest absolute Gasteiger partial charge is 0.300 e. The molecule has 2 aromatic carbocycles. The highest BCUT2D eigenvalue weighted by atomic mass is 16.6. The van der Waals surface area contributed by atoms with Crippen LogP contribution in [-0.4, -0.2) is 22.3 Å². The Morgan fingerprint density at radius 1 is 1.17 bits per heavy atom. The molecule has 3 aromatic rings. The van der Waals surface area contributed by atoms with Crippen molar-refractivity contribution in [2.45, 2.75) is 45.8 Å². The molecule has 1 atom stereocenters. The maximum Gasteiger partial charge on any atom is 0.300 e. The first-order chi connectivity index (χ1) is 14.0. The van der Waals surface area contributed by atoms with Gasteiger partial charge in [0, 0.05) is 11.8 Å². The van der Waals surface area contributed by atoms with Crippen LogP contribution in [0, 0.1) is 0 Å². The number of rotatable bonds is 6. The predicted octanol–water partition coefficient (Wildman–Crippen LogP) is 4.44. The lowest BCUT2D eigenvalue weighted by molar-refractivity contribution is 0.143. The van der Waals surface area contributed by atoms with E-state index in [4.69, 9.17) is 9.47 Å². The van der Waals surface area contributed by atoms with Gasteiger partial charge in [-0.25, -0.2) is 0 Å². The minimum absolute atomic E-state index is 0.165. The van der Waals surface area contributed by atoms with Crippen LogP contribution in [0.4, 0.5) is 0 Å². The highest BCUT2D eigenvalue weighted by molar-refractivity contribution is 5.66. The van der Waals surface area contributed by atoms with Crippen molar-refractivity contribution in [3.05, 3.63) is 76.2 Å². The maximum atomic E-state index is 11.9. The van der Waals surface area contributed by atoms with Gasteiger partial charge in [-0.3, -0.25) is 9.36 Å². The molecular weight excluding hydrogens is 364 g/mol. The Hall–Kier alpha value is -3.08. The number of hydrogen-bond acceptors (Lipinski definition) is 4. The molecule has 0 spiro atoms. The summed E-state index contributed by atoms with van der Waals surface area (Å²) in [6.45, 7) is 7.38. The van der Waals surface area contributed by atoms with Gasteiger partial charge >= 0.3 is 0 Å². The number of aromatic nitrogens is 2. The molecule has 0 amide bonds. The second kappa shape index (κ2) is 8.11. The lowest BCUT2D eigenvalue weighted by Gasteiger charge is -2.13. The van der Waals surface area contributed by atoms with Crippen LogP contribution in [-0.2, 0) is 13.0 Å². The van der Waals surface area contributed by atoms with Crippen LogP contribution in [0.25, 0.3) is 11.1 Å². The molecule has 1 aliphatic rings. The van der Waals surface area contributed by atoms with E-state index >= 15 is 0 Å². The molecule has 0 fully saturated rings. The van der Waals surface area contributed by atoms with Crippen molar-refractivity contribution >= 4 is 0 Å². The van der Waals surface area contributed by atoms with E-state index in [2.05, 4.69) is 55.2 Å². The lowest BCUT2D eigenvalue weighted by atomic mass is 9.97. The Kier molecular flexibility index (Phi) is 5.38. The average molecular weight is 390 g/mol. The van der Waals surface area contributed by atoms with Crippen LogP contribution >= 0.6 is 0 Å². The Labute approximate surface area is 170 Å². The monoisotopic (exact) mass is 390 g/mol. The molecule has 5 heteroatoms. The number of aryl methyl sites for hydroxylation is 1. The molecule has 0 aliphatic carbocycles. The van der Waals surface area contributed by atoms with Gasteiger partial charge in [0.05, 0.1) is 6.54 Å². The van der Waals surface area contributed by atoms with Crippen LogP contribution in [0.3, 0.4) is 0 Å². The van der Waals surface area contributed by atoms with Gasteiger partial charge in [0.2, 0.25) is 0 Å². The minimum Gasteiger partial charge on any atom is -0.490 e. The molecule has 0 saturated heterocycles. The summed E-state index contributed by atoms with van der Waals surface area (Å²) in [5.41, 5.74) is 4.12. The predicted molar refractivity (Wildman–Crippen MR) is 114 cm³/mol. The first kappa shape index (κ1) is 19.2. The van der Waals surface area contributed by atoms with Crippen LogP contribution in [0.1, 0.15) is 37.8 Å². The van der Waals surface area contributed by atoms with Crippen molar-refractivity contribution in [2.75, 3.05) is 6.61 Å². The van der Waals surface area contributed by atoms with Gasteiger partial charge in [0.15, 0.2) is 6.10 Å². The third kappa shape index (κ3) is 4.19. The van der Waals surface area contributed by atoms with E-state index < -0.39 is 0 Å². The molecule has 0 bridgehead atoms. The van der Waals surface area contributed by atoms with Gasteiger partial charge in [-0.05, 0) is 41.2 Å². The normalized spacial score (nSPS) is 15.2. The van der Waals surface area contributed by atoms with Crippen molar-refractivity contribution < 1.29 is 9.47 Å². The van der Waals surface area contributed by atoms with E-state index in [1.807, 2.05) is 29.8 Å². The summed E-state index contributed by atoms with van der Waals surface area (Å²) in [5.74, 6) is 1.29. The molecule has 0 N–H and O–H groups in total. The number of benzene rings is 2. The Balaban J connectivity index is 1.44. The van der Waals surface area contributed by atoms with Crippen molar-refractivity contribution in [3.8, 4) is 22.9 Å². The molecule has 0 saturated carbocycles. The number of nitrogens with zero attached hydrogens (tertiary/aromatic N) is 2. The van der Waals surface area contributed by atoms with Crippen molar-refractivity contribution in [1.29, 1.82) is 0 Å². The zero-order chi connectivity index (χ0) is 20.4. The highest BCUT2D eigenvalue weighted by Crippen LogP contribution is 2.27.